The molecule has 0 fully saturated rings. The van der Waals surface area contributed by atoms with Gasteiger partial charge in [-0.15, -0.1) is 0 Å². The second-order valence-electron chi connectivity index (χ2n) is 3.54. The number of hydrogen-bond donors (Lipinski definition) is 1. The van der Waals surface area contributed by atoms with Crippen LogP contribution in [0, 0.1) is 5.82 Å². The number of para-hydroxylation sites is 1. The molecule has 2 N–H and O–H groups in total. The molecule has 0 saturated carbocycles. The summed E-state index contributed by atoms with van der Waals surface area (Å²) in [6, 6.07) is 11.4. The van der Waals surface area contributed by atoms with Crippen molar-refractivity contribution < 1.29 is 9.13 Å². The van der Waals surface area contributed by atoms with Crippen molar-refractivity contribution in [3.63, 3.8) is 0 Å². The first-order chi connectivity index (χ1) is 8.58. The van der Waals surface area contributed by atoms with Gasteiger partial charge in [-0.25, -0.2) is 4.39 Å². The number of ether oxygens (including phenoxy) is 1. The summed E-state index contributed by atoms with van der Waals surface area (Å²) in [5, 5.41) is 0. The molecule has 0 radical (unpaired) electrons. The summed E-state index contributed by atoms with van der Waals surface area (Å²) in [6.45, 7) is 0. The highest BCUT2D eigenvalue weighted by molar-refractivity contribution is 9.10. The molecule has 0 spiro atoms. The molecule has 2 aromatic carbocycles. The van der Waals surface area contributed by atoms with Crippen molar-refractivity contribution in [2.45, 2.75) is 0 Å². The molecule has 0 atom stereocenters. The molecule has 0 heterocycles. The quantitative estimate of drug-likeness (QED) is 0.866. The van der Waals surface area contributed by atoms with Crippen molar-refractivity contribution in [1.82, 2.24) is 0 Å². The summed E-state index contributed by atoms with van der Waals surface area (Å²) < 4.78 is 19.2. The number of rotatable bonds is 3. The third-order valence-corrected chi connectivity index (χ3v) is 3.11. The third-order valence-electron chi connectivity index (χ3n) is 2.27. The van der Waals surface area contributed by atoms with Crippen LogP contribution in [0.4, 0.5) is 4.39 Å². The zero-order chi connectivity index (χ0) is 13.1. The van der Waals surface area contributed by atoms with E-state index in [1.54, 1.807) is 12.1 Å². The van der Waals surface area contributed by atoms with E-state index in [1.807, 2.05) is 12.1 Å². The number of nitrogens with two attached hydrogens (primary N) is 1. The highest BCUT2D eigenvalue weighted by Crippen LogP contribution is 2.31. The average molecular weight is 326 g/mol. The zero-order valence-electron chi connectivity index (χ0n) is 9.19. The number of halogens is 2. The van der Waals surface area contributed by atoms with Crippen molar-refractivity contribution in [2.24, 2.45) is 5.73 Å². The van der Waals surface area contributed by atoms with E-state index < -0.39 is 0 Å². The molecule has 2 nitrogen and oxygen atoms in total. The molecule has 0 amide bonds. The maximum Gasteiger partial charge on any atom is 0.141 e. The van der Waals surface area contributed by atoms with Crippen molar-refractivity contribution in [3.8, 4) is 11.5 Å². The molecule has 0 aromatic heterocycles. The minimum atomic E-state index is -0.336. The van der Waals surface area contributed by atoms with Gasteiger partial charge in [-0.1, -0.05) is 24.4 Å². The second kappa shape index (κ2) is 5.46. The van der Waals surface area contributed by atoms with Gasteiger partial charge in [-0.3, -0.25) is 0 Å². The van der Waals surface area contributed by atoms with E-state index in [0.29, 0.717) is 21.5 Å². The fraction of sp³-hybridized carbons (Fsp3) is 0. The summed E-state index contributed by atoms with van der Waals surface area (Å²) in [7, 11) is 0. The Bertz CT molecular complexity index is 603. The fourth-order valence-electron chi connectivity index (χ4n) is 1.44. The largest absolute Gasteiger partial charge is 0.455 e. The third kappa shape index (κ3) is 2.86. The summed E-state index contributed by atoms with van der Waals surface area (Å²) >= 11 is 8.18. The van der Waals surface area contributed by atoms with Crippen LogP contribution in [0.5, 0.6) is 11.5 Å². The molecule has 18 heavy (non-hydrogen) atoms. The summed E-state index contributed by atoms with van der Waals surface area (Å²) in [5.74, 6) is 0.703. The highest BCUT2D eigenvalue weighted by Gasteiger charge is 2.09. The van der Waals surface area contributed by atoms with E-state index in [9.17, 15) is 4.39 Å². The lowest BCUT2D eigenvalue weighted by Crippen LogP contribution is -2.10. The minimum absolute atomic E-state index is 0.254. The Labute approximate surface area is 118 Å². The Morgan fingerprint density at radius 1 is 1.17 bits per heavy atom. The van der Waals surface area contributed by atoms with Crippen LogP contribution in [0.15, 0.2) is 46.9 Å². The SMILES string of the molecule is NC(=S)c1ccccc1Oc1ccc(F)cc1Br. The van der Waals surface area contributed by atoms with Crippen LogP contribution >= 0.6 is 28.1 Å². The van der Waals surface area contributed by atoms with Gasteiger partial charge in [0.2, 0.25) is 0 Å². The van der Waals surface area contributed by atoms with Gasteiger partial charge in [0.05, 0.1) is 10.0 Å². The Balaban J connectivity index is 2.37. The standard InChI is InChI=1S/C13H9BrFNOS/c14-10-7-8(15)5-6-12(10)17-11-4-2-1-3-9(11)13(16)18/h1-7H,(H2,16,18). The Hall–Kier alpha value is -1.46. The molecular weight excluding hydrogens is 317 g/mol. The van der Waals surface area contributed by atoms with Gasteiger partial charge in [0, 0.05) is 0 Å². The molecule has 0 aliphatic heterocycles. The normalized spacial score (nSPS) is 10.1. The molecule has 2 aromatic rings. The molecular formula is C13H9BrFNOS. The van der Waals surface area contributed by atoms with Gasteiger partial charge < -0.3 is 10.5 Å². The van der Waals surface area contributed by atoms with Crippen LogP contribution in [0.25, 0.3) is 0 Å². The number of thiocarbonyl (C=S) groups is 1. The van der Waals surface area contributed by atoms with E-state index in [4.69, 9.17) is 22.7 Å². The van der Waals surface area contributed by atoms with Crippen molar-refractivity contribution in [1.29, 1.82) is 0 Å². The van der Waals surface area contributed by atoms with Gasteiger partial charge in [-0.05, 0) is 46.3 Å². The molecule has 0 aliphatic carbocycles. The summed E-state index contributed by atoms with van der Waals surface area (Å²) in [4.78, 5) is 0.254. The Kier molecular flexibility index (Phi) is 3.93. The van der Waals surface area contributed by atoms with Gasteiger partial charge in [0.15, 0.2) is 0 Å². The van der Waals surface area contributed by atoms with Gasteiger partial charge in [0.1, 0.15) is 22.3 Å². The Morgan fingerprint density at radius 2 is 1.89 bits per heavy atom. The van der Waals surface area contributed by atoms with Crippen LogP contribution < -0.4 is 10.5 Å². The zero-order valence-corrected chi connectivity index (χ0v) is 11.6. The van der Waals surface area contributed by atoms with Crippen LogP contribution in [-0.2, 0) is 0 Å². The molecule has 0 unspecified atom stereocenters. The fourth-order valence-corrected chi connectivity index (χ4v) is 2.04. The lowest BCUT2D eigenvalue weighted by molar-refractivity contribution is 0.476. The highest BCUT2D eigenvalue weighted by atomic mass is 79.9. The molecule has 92 valence electrons. The maximum absolute atomic E-state index is 13.0. The van der Waals surface area contributed by atoms with E-state index >= 15 is 0 Å². The van der Waals surface area contributed by atoms with E-state index in [2.05, 4.69) is 15.9 Å². The van der Waals surface area contributed by atoms with E-state index in [0.717, 1.165) is 0 Å². The monoisotopic (exact) mass is 325 g/mol. The topological polar surface area (TPSA) is 35.2 Å². The van der Waals surface area contributed by atoms with Crippen LogP contribution in [0.3, 0.4) is 0 Å². The minimum Gasteiger partial charge on any atom is -0.455 e. The van der Waals surface area contributed by atoms with Gasteiger partial charge in [-0.2, -0.15) is 0 Å². The number of benzene rings is 2. The Morgan fingerprint density at radius 3 is 2.56 bits per heavy atom. The molecule has 5 heteroatoms. The van der Waals surface area contributed by atoms with E-state index in [1.165, 1.54) is 18.2 Å². The maximum atomic E-state index is 13.0. The van der Waals surface area contributed by atoms with Gasteiger partial charge in [0.25, 0.3) is 0 Å². The first kappa shape index (κ1) is 13.0. The predicted molar refractivity (Wildman–Crippen MR) is 76.5 cm³/mol. The summed E-state index contributed by atoms with van der Waals surface area (Å²) in [6.07, 6.45) is 0. The molecule has 0 bridgehead atoms. The lowest BCUT2D eigenvalue weighted by Gasteiger charge is -2.11. The van der Waals surface area contributed by atoms with Crippen molar-refractivity contribution in [3.05, 3.63) is 58.3 Å². The van der Waals surface area contributed by atoms with Crippen LogP contribution in [-0.4, -0.2) is 4.99 Å². The molecule has 2 rings (SSSR count). The smallest absolute Gasteiger partial charge is 0.141 e. The lowest BCUT2D eigenvalue weighted by atomic mass is 10.2. The van der Waals surface area contributed by atoms with Crippen molar-refractivity contribution in [2.75, 3.05) is 0 Å². The number of hydrogen-bond acceptors (Lipinski definition) is 2. The van der Waals surface area contributed by atoms with Gasteiger partial charge >= 0.3 is 0 Å². The molecule has 0 saturated heterocycles. The second-order valence-corrected chi connectivity index (χ2v) is 4.83. The predicted octanol–water partition coefficient (Wildman–Crippen LogP) is 4.01. The van der Waals surface area contributed by atoms with E-state index in [-0.39, 0.29) is 10.8 Å². The average Bonchev–Trinajstić information content (AvgIpc) is 2.33. The first-order valence-electron chi connectivity index (χ1n) is 5.09. The van der Waals surface area contributed by atoms with Crippen LogP contribution in [0.1, 0.15) is 5.56 Å². The first-order valence-corrected chi connectivity index (χ1v) is 6.30. The molecule has 0 aliphatic rings. The van der Waals surface area contributed by atoms with Crippen molar-refractivity contribution >= 4 is 33.1 Å². The van der Waals surface area contributed by atoms with Crippen LogP contribution in [0.2, 0.25) is 0 Å². The summed E-state index contributed by atoms with van der Waals surface area (Å²) in [5.41, 5.74) is 6.25.